The fraction of sp³-hybridized carbons (Fsp3) is 0.188. The van der Waals surface area contributed by atoms with Gasteiger partial charge in [0, 0.05) is 28.8 Å². The third kappa shape index (κ3) is 4.64. The van der Waals surface area contributed by atoms with Crippen LogP contribution in [0.5, 0.6) is 0 Å². The van der Waals surface area contributed by atoms with E-state index in [0.717, 1.165) is 21.4 Å². The number of aromatic nitrogens is 3. The maximum absolute atomic E-state index is 11.8. The lowest BCUT2D eigenvalue weighted by Crippen LogP contribution is -2.42. The van der Waals surface area contributed by atoms with Crippen LogP contribution in [0.4, 0.5) is 0 Å². The van der Waals surface area contributed by atoms with Gasteiger partial charge in [-0.1, -0.05) is 6.07 Å². The zero-order chi connectivity index (χ0) is 17.8. The summed E-state index contributed by atoms with van der Waals surface area (Å²) in [5, 5.41) is 0. The second kappa shape index (κ2) is 7.75. The van der Waals surface area contributed by atoms with Gasteiger partial charge in [0.2, 0.25) is 5.91 Å². The molecule has 0 spiro atoms. The molecule has 0 aliphatic rings. The van der Waals surface area contributed by atoms with Crippen molar-refractivity contribution in [2.75, 3.05) is 5.75 Å². The van der Waals surface area contributed by atoms with Crippen LogP contribution in [0.1, 0.15) is 21.7 Å². The molecule has 0 saturated carbocycles. The van der Waals surface area contributed by atoms with Crippen molar-refractivity contribution in [3.8, 4) is 0 Å². The number of fused-ring (bicyclic) bond motifs is 1. The van der Waals surface area contributed by atoms with Crippen LogP contribution < -0.4 is 10.9 Å². The van der Waals surface area contributed by atoms with E-state index in [4.69, 9.17) is 0 Å². The molecule has 3 aromatic rings. The van der Waals surface area contributed by atoms with E-state index in [1.54, 1.807) is 12.3 Å². The van der Waals surface area contributed by atoms with Crippen molar-refractivity contribution in [1.82, 2.24) is 25.2 Å². The van der Waals surface area contributed by atoms with Gasteiger partial charge in [-0.05, 0) is 40.5 Å². The number of nitrogens with one attached hydrogen (secondary N) is 3. The van der Waals surface area contributed by atoms with Gasteiger partial charge in [0.1, 0.15) is 11.3 Å². The molecule has 130 valence electrons. The number of rotatable bonds is 5. The van der Waals surface area contributed by atoms with Crippen molar-refractivity contribution < 1.29 is 9.59 Å². The van der Waals surface area contributed by atoms with E-state index in [2.05, 4.69) is 36.7 Å². The first kappa shape index (κ1) is 17.6. The third-order valence-electron chi connectivity index (χ3n) is 3.34. The first-order valence-corrected chi connectivity index (χ1v) is 9.41. The quantitative estimate of drug-likeness (QED) is 0.551. The van der Waals surface area contributed by atoms with Crippen molar-refractivity contribution >= 4 is 45.2 Å². The number of aryl methyl sites for hydroxylation is 1. The number of halogens is 1. The van der Waals surface area contributed by atoms with Crippen LogP contribution >= 0.6 is 27.7 Å². The molecule has 0 aromatic carbocycles. The summed E-state index contributed by atoms with van der Waals surface area (Å²) in [5.74, 6) is 0.163. The molecule has 0 saturated heterocycles. The summed E-state index contributed by atoms with van der Waals surface area (Å²) >= 11 is 4.67. The normalized spacial score (nSPS) is 10.8. The molecule has 3 aromatic heterocycles. The van der Waals surface area contributed by atoms with Crippen molar-refractivity contribution in [2.45, 2.75) is 12.7 Å². The number of H-pyrrole nitrogens is 1. The van der Waals surface area contributed by atoms with Crippen LogP contribution in [0.25, 0.3) is 5.65 Å². The lowest BCUT2D eigenvalue weighted by atomic mass is 10.3. The molecule has 0 fully saturated rings. The minimum atomic E-state index is -0.403. The standard InChI is InChI=1S/C16H16BrN5O2S/c1-10-2-3-14-19-12(7-22(14)6-10)8-25-9-15(23)20-21-16(24)13-4-11(17)5-18-13/h2-7,18H,8-9H2,1H3,(H,20,23)(H,21,24). The molecule has 0 unspecified atom stereocenters. The van der Waals surface area contributed by atoms with Crippen molar-refractivity contribution in [3.63, 3.8) is 0 Å². The molecule has 3 heterocycles. The summed E-state index contributed by atoms with van der Waals surface area (Å²) in [7, 11) is 0. The van der Waals surface area contributed by atoms with Crippen LogP contribution in [0.15, 0.2) is 41.3 Å². The fourth-order valence-corrected chi connectivity index (χ4v) is 3.25. The predicted molar refractivity (Wildman–Crippen MR) is 100 cm³/mol. The van der Waals surface area contributed by atoms with Gasteiger partial charge >= 0.3 is 0 Å². The number of thioether (sulfide) groups is 1. The Morgan fingerprint density at radius 1 is 1.32 bits per heavy atom. The average Bonchev–Trinajstić information content (AvgIpc) is 3.18. The van der Waals surface area contributed by atoms with Crippen molar-refractivity contribution in [1.29, 1.82) is 0 Å². The molecule has 0 radical (unpaired) electrons. The average molecular weight is 422 g/mol. The molecule has 7 nitrogen and oxygen atoms in total. The highest BCUT2D eigenvalue weighted by Crippen LogP contribution is 2.13. The molecule has 0 aliphatic carbocycles. The van der Waals surface area contributed by atoms with Crippen molar-refractivity contribution in [2.24, 2.45) is 0 Å². The second-order valence-electron chi connectivity index (χ2n) is 5.43. The Hall–Kier alpha value is -2.26. The van der Waals surface area contributed by atoms with Gasteiger partial charge in [-0.2, -0.15) is 0 Å². The van der Waals surface area contributed by atoms with Gasteiger partial charge in [-0.3, -0.25) is 20.4 Å². The van der Waals surface area contributed by atoms with Gasteiger partial charge < -0.3 is 9.38 Å². The lowest BCUT2D eigenvalue weighted by molar-refractivity contribution is -0.119. The van der Waals surface area contributed by atoms with E-state index in [0.29, 0.717) is 11.4 Å². The largest absolute Gasteiger partial charge is 0.356 e. The summed E-state index contributed by atoms with van der Waals surface area (Å²) < 4.78 is 2.74. The molecule has 2 amide bonds. The Morgan fingerprint density at radius 2 is 2.16 bits per heavy atom. The lowest BCUT2D eigenvalue weighted by Gasteiger charge is -2.05. The van der Waals surface area contributed by atoms with E-state index >= 15 is 0 Å². The summed E-state index contributed by atoms with van der Waals surface area (Å²) in [6.07, 6.45) is 5.61. The Kier molecular flexibility index (Phi) is 5.44. The van der Waals surface area contributed by atoms with E-state index in [-0.39, 0.29) is 11.7 Å². The van der Waals surface area contributed by atoms with Crippen LogP contribution in [0.2, 0.25) is 0 Å². The molecule has 3 N–H and O–H groups in total. The fourth-order valence-electron chi connectivity index (χ4n) is 2.20. The number of nitrogens with zero attached hydrogens (tertiary/aromatic N) is 2. The summed E-state index contributed by atoms with van der Waals surface area (Å²) in [6, 6.07) is 5.60. The highest BCUT2D eigenvalue weighted by atomic mass is 79.9. The van der Waals surface area contributed by atoms with Crippen LogP contribution in [-0.2, 0) is 10.5 Å². The number of amides is 2. The van der Waals surface area contributed by atoms with Crippen LogP contribution in [0, 0.1) is 6.92 Å². The number of imidazole rings is 1. The number of carbonyl (C=O) groups excluding carboxylic acids is 2. The molecular weight excluding hydrogens is 406 g/mol. The Bertz CT molecular complexity index is 920. The van der Waals surface area contributed by atoms with Gasteiger partial charge in [0.05, 0.1) is 11.4 Å². The molecule has 25 heavy (non-hydrogen) atoms. The minimum absolute atomic E-state index is 0.224. The summed E-state index contributed by atoms with van der Waals surface area (Å²) in [4.78, 5) is 30.9. The second-order valence-corrected chi connectivity index (χ2v) is 7.33. The van der Waals surface area contributed by atoms with Gasteiger partial charge in [-0.15, -0.1) is 11.8 Å². The van der Waals surface area contributed by atoms with E-state index in [1.807, 2.05) is 35.9 Å². The van der Waals surface area contributed by atoms with E-state index in [1.165, 1.54) is 11.8 Å². The Balaban J connectivity index is 1.43. The van der Waals surface area contributed by atoms with E-state index < -0.39 is 5.91 Å². The molecule has 9 heteroatoms. The maximum atomic E-state index is 11.8. The van der Waals surface area contributed by atoms with Crippen LogP contribution in [-0.4, -0.2) is 31.9 Å². The van der Waals surface area contributed by atoms with Gasteiger partial charge in [0.25, 0.3) is 5.91 Å². The topological polar surface area (TPSA) is 91.3 Å². The monoisotopic (exact) mass is 421 g/mol. The number of pyridine rings is 1. The van der Waals surface area contributed by atoms with E-state index in [9.17, 15) is 9.59 Å². The third-order valence-corrected chi connectivity index (χ3v) is 4.76. The minimum Gasteiger partial charge on any atom is -0.356 e. The summed E-state index contributed by atoms with van der Waals surface area (Å²) in [5.41, 5.74) is 8.07. The maximum Gasteiger partial charge on any atom is 0.286 e. The highest BCUT2D eigenvalue weighted by molar-refractivity contribution is 9.10. The molecule has 0 atom stereocenters. The first-order chi connectivity index (χ1) is 12.0. The highest BCUT2D eigenvalue weighted by Gasteiger charge is 2.10. The van der Waals surface area contributed by atoms with Crippen LogP contribution in [0.3, 0.4) is 0 Å². The molecule has 0 aliphatic heterocycles. The zero-order valence-corrected chi connectivity index (χ0v) is 15.8. The predicted octanol–water partition coefficient (Wildman–Crippen LogP) is 2.43. The summed E-state index contributed by atoms with van der Waals surface area (Å²) in [6.45, 7) is 2.03. The van der Waals surface area contributed by atoms with Gasteiger partial charge in [-0.25, -0.2) is 4.98 Å². The number of hydrogen-bond donors (Lipinski definition) is 3. The smallest absolute Gasteiger partial charge is 0.286 e. The van der Waals surface area contributed by atoms with Crippen molar-refractivity contribution in [3.05, 3.63) is 58.2 Å². The molecule has 3 rings (SSSR count). The molecule has 0 bridgehead atoms. The van der Waals surface area contributed by atoms with Gasteiger partial charge in [0.15, 0.2) is 0 Å². The number of hydrazine groups is 1. The number of carbonyl (C=O) groups is 2. The SMILES string of the molecule is Cc1ccc2nc(CSCC(=O)NNC(=O)c3cc(Br)c[nH]3)cn2c1. The first-order valence-electron chi connectivity index (χ1n) is 7.46. The Labute approximate surface area is 156 Å². The number of hydrogen-bond acceptors (Lipinski definition) is 4. The Morgan fingerprint density at radius 3 is 2.92 bits per heavy atom. The zero-order valence-electron chi connectivity index (χ0n) is 13.4. The number of aromatic amines is 1. The molecular formula is C16H16BrN5O2S.